The molecule has 1 aromatic heterocycles. The minimum Gasteiger partial charge on any atom is -0.433 e. The van der Waals surface area contributed by atoms with E-state index < -0.39 is 6.61 Å². The van der Waals surface area contributed by atoms with Gasteiger partial charge in [0.15, 0.2) is 0 Å². The van der Waals surface area contributed by atoms with Crippen LogP contribution in [0.5, 0.6) is 5.75 Å². The van der Waals surface area contributed by atoms with Gasteiger partial charge in [-0.25, -0.2) is 4.98 Å². The fourth-order valence-corrected chi connectivity index (χ4v) is 3.89. The van der Waals surface area contributed by atoms with Crippen LogP contribution in [0.3, 0.4) is 0 Å². The SMILES string of the molecule is CCc1nc(C)c(C(=O)N2CCCc3cccc(OC(F)F)c32)s1. The fraction of sp³-hybridized carbons (Fsp3) is 0.412. The second-order valence-electron chi connectivity index (χ2n) is 5.58. The highest BCUT2D eigenvalue weighted by Gasteiger charge is 2.30. The number of benzene rings is 1. The lowest BCUT2D eigenvalue weighted by Crippen LogP contribution is -2.36. The molecule has 0 fully saturated rings. The topological polar surface area (TPSA) is 42.4 Å². The minimum atomic E-state index is -2.92. The smallest absolute Gasteiger partial charge is 0.387 e. The van der Waals surface area contributed by atoms with Crippen LogP contribution < -0.4 is 9.64 Å². The average Bonchev–Trinajstić information content (AvgIpc) is 2.94. The third-order valence-corrected chi connectivity index (χ3v) is 5.27. The Bertz CT molecular complexity index is 761. The molecule has 3 rings (SSSR count). The van der Waals surface area contributed by atoms with Gasteiger partial charge < -0.3 is 9.64 Å². The minimum absolute atomic E-state index is 0.0495. The molecular formula is C17H18F2N2O2S. The number of anilines is 1. The number of thiazole rings is 1. The molecule has 1 aliphatic rings. The summed E-state index contributed by atoms with van der Waals surface area (Å²) < 4.78 is 30.1. The van der Waals surface area contributed by atoms with Crippen molar-refractivity contribution in [3.8, 4) is 5.75 Å². The highest BCUT2D eigenvalue weighted by molar-refractivity contribution is 7.13. The standard InChI is InChI=1S/C17H18F2N2O2S/c1-3-13-20-10(2)15(24-13)16(22)21-9-5-7-11-6-4-8-12(14(11)21)23-17(18)19/h4,6,8,17H,3,5,7,9H2,1-2H3. The van der Waals surface area contributed by atoms with Gasteiger partial charge in [-0.05, 0) is 37.8 Å². The summed E-state index contributed by atoms with van der Waals surface area (Å²) in [5, 5.41) is 0.894. The highest BCUT2D eigenvalue weighted by Crippen LogP contribution is 2.38. The Labute approximate surface area is 143 Å². The van der Waals surface area contributed by atoms with E-state index in [2.05, 4.69) is 9.72 Å². The zero-order valence-corrected chi connectivity index (χ0v) is 14.3. The predicted molar refractivity (Wildman–Crippen MR) is 89.3 cm³/mol. The summed E-state index contributed by atoms with van der Waals surface area (Å²) >= 11 is 1.36. The number of carbonyl (C=O) groups excluding carboxylic acids is 1. The van der Waals surface area contributed by atoms with E-state index in [1.165, 1.54) is 17.4 Å². The Kier molecular flexibility index (Phi) is 4.80. The number of amides is 1. The number of nitrogens with zero attached hydrogens (tertiary/aromatic N) is 2. The molecule has 2 heterocycles. The van der Waals surface area contributed by atoms with Crippen LogP contribution >= 0.6 is 11.3 Å². The van der Waals surface area contributed by atoms with Crippen molar-refractivity contribution < 1.29 is 18.3 Å². The normalized spacial score (nSPS) is 14.0. The summed E-state index contributed by atoms with van der Waals surface area (Å²) in [6.07, 6.45) is 2.28. The molecule has 2 aromatic rings. The Morgan fingerprint density at radius 2 is 2.25 bits per heavy atom. The van der Waals surface area contributed by atoms with Crippen molar-refractivity contribution in [1.29, 1.82) is 0 Å². The maximum absolute atomic E-state index is 13.0. The molecule has 1 aromatic carbocycles. The third kappa shape index (κ3) is 3.13. The summed E-state index contributed by atoms with van der Waals surface area (Å²) in [4.78, 5) is 19.5. The number of fused-ring (bicyclic) bond motifs is 1. The molecule has 1 amide bonds. The van der Waals surface area contributed by atoms with Crippen LogP contribution in [-0.4, -0.2) is 24.0 Å². The summed E-state index contributed by atoms with van der Waals surface area (Å²) in [5.74, 6) is -0.149. The van der Waals surface area contributed by atoms with Crippen molar-refractivity contribution in [2.45, 2.75) is 39.7 Å². The molecule has 0 bridgehead atoms. The van der Waals surface area contributed by atoms with Crippen LogP contribution in [0.15, 0.2) is 18.2 Å². The van der Waals surface area contributed by atoms with Gasteiger partial charge >= 0.3 is 6.61 Å². The summed E-state index contributed by atoms with van der Waals surface area (Å²) in [7, 11) is 0. The molecule has 0 saturated heterocycles. The third-order valence-electron chi connectivity index (χ3n) is 3.98. The Hall–Kier alpha value is -2.02. The zero-order chi connectivity index (χ0) is 17.3. The van der Waals surface area contributed by atoms with Crippen LogP contribution in [0.2, 0.25) is 0 Å². The number of halogens is 2. The van der Waals surface area contributed by atoms with Crippen molar-refractivity contribution >= 4 is 22.9 Å². The van der Waals surface area contributed by atoms with Crippen molar-refractivity contribution in [2.75, 3.05) is 11.4 Å². The molecule has 128 valence electrons. The van der Waals surface area contributed by atoms with Crippen molar-refractivity contribution in [3.05, 3.63) is 39.3 Å². The number of rotatable bonds is 4. The van der Waals surface area contributed by atoms with E-state index in [0.29, 0.717) is 22.8 Å². The number of hydrogen-bond donors (Lipinski definition) is 0. The lowest BCUT2D eigenvalue weighted by molar-refractivity contribution is -0.0495. The van der Waals surface area contributed by atoms with E-state index in [0.717, 1.165) is 29.8 Å². The monoisotopic (exact) mass is 352 g/mol. The first-order chi connectivity index (χ1) is 11.5. The number of aryl methyl sites for hydroxylation is 3. The van der Waals surface area contributed by atoms with Crippen LogP contribution in [0.4, 0.5) is 14.5 Å². The summed E-state index contributed by atoms with van der Waals surface area (Å²) in [6, 6.07) is 5.01. The van der Waals surface area contributed by atoms with Crippen LogP contribution in [0.1, 0.15) is 39.3 Å². The van der Waals surface area contributed by atoms with Gasteiger partial charge in [-0.1, -0.05) is 19.1 Å². The first-order valence-corrected chi connectivity index (χ1v) is 8.67. The predicted octanol–water partition coefficient (Wildman–Crippen LogP) is 4.21. The van der Waals surface area contributed by atoms with E-state index in [9.17, 15) is 13.6 Å². The van der Waals surface area contributed by atoms with Gasteiger partial charge in [0.2, 0.25) is 0 Å². The molecular weight excluding hydrogens is 334 g/mol. The van der Waals surface area contributed by atoms with Crippen molar-refractivity contribution in [3.63, 3.8) is 0 Å². The lowest BCUT2D eigenvalue weighted by Gasteiger charge is -2.30. The van der Waals surface area contributed by atoms with E-state index in [-0.39, 0.29) is 11.7 Å². The molecule has 24 heavy (non-hydrogen) atoms. The fourth-order valence-electron chi connectivity index (χ4n) is 2.93. The van der Waals surface area contributed by atoms with Gasteiger partial charge in [-0.15, -0.1) is 11.3 Å². The highest BCUT2D eigenvalue weighted by atomic mass is 32.1. The van der Waals surface area contributed by atoms with Crippen LogP contribution in [0, 0.1) is 6.92 Å². The van der Waals surface area contributed by atoms with Crippen molar-refractivity contribution in [1.82, 2.24) is 4.98 Å². The molecule has 7 heteroatoms. The second kappa shape index (κ2) is 6.84. The number of aromatic nitrogens is 1. The summed E-state index contributed by atoms with van der Waals surface area (Å²) in [6.45, 7) is 1.34. The lowest BCUT2D eigenvalue weighted by atomic mass is 10.0. The van der Waals surface area contributed by atoms with E-state index in [1.807, 2.05) is 13.0 Å². The van der Waals surface area contributed by atoms with Crippen LogP contribution in [0.25, 0.3) is 0 Å². The average molecular weight is 352 g/mol. The van der Waals surface area contributed by atoms with Gasteiger partial charge in [0.05, 0.1) is 16.4 Å². The molecule has 0 unspecified atom stereocenters. The largest absolute Gasteiger partial charge is 0.433 e. The molecule has 0 aliphatic carbocycles. The molecule has 0 atom stereocenters. The van der Waals surface area contributed by atoms with E-state index in [1.54, 1.807) is 17.9 Å². The zero-order valence-electron chi connectivity index (χ0n) is 13.5. The van der Waals surface area contributed by atoms with E-state index in [4.69, 9.17) is 0 Å². The van der Waals surface area contributed by atoms with Gasteiger partial charge in [0.25, 0.3) is 5.91 Å². The molecule has 0 saturated carbocycles. The van der Waals surface area contributed by atoms with Crippen LogP contribution in [-0.2, 0) is 12.8 Å². The number of hydrogen-bond acceptors (Lipinski definition) is 4. The number of ether oxygens (including phenoxy) is 1. The maximum Gasteiger partial charge on any atom is 0.387 e. The van der Waals surface area contributed by atoms with Gasteiger partial charge in [0.1, 0.15) is 10.6 Å². The molecule has 0 N–H and O–H groups in total. The summed E-state index contributed by atoms with van der Waals surface area (Å²) in [5.41, 5.74) is 1.99. The van der Waals surface area contributed by atoms with Gasteiger partial charge in [-0.3, -0.25) is 4.79 Å². The molecule has 4 nitrogen and oxygen atoms in total. The molecule has 1 aliphatic heterocycles. The van der Waals surface area contributed by atoms with Gasteiger partial charge in [0, 0.05) is 6.54 Å². The van der Waals surface area contributed by atoms with Gasteiger partial charge in [-0.2, -0.15) is 8.78 Å². The quantitative estimate of drug-likeness (QED) is 0.828. The first-order valence-electron chi connectivity index (χ1n) is 7.86. The molecule has 0 spiro atoms. The Morgan fingerprint density at radius 3 is 2.92 bits per heavy atom. The first kappa shape index (κ1) is 16.8. The maximum atomic E-state index is 13.0. The molecule has 0 radical (unpaired) electrons. The number of alkyl halides is 2. The Morgan fingerprint density at radius 1 is 1.46 bits per heavy atom. The number of para-hydroxylation sites is 1. The van der Waals surface area contributed by atoms with Crippen molar-refractivity contribution in [2.24, 2.45) is 0 Å². The number of carbonyl (C=O) groups is 1. The van der Waals surface area contributed by atoms with E-state index >= 15 is 0 Å². The Balaban J connectivity index is 2.02. The second-order valence-corrected chi connectivity index (χ2v) is 6.66.